The third kappa shape index (κ3) is 3.44. The molecule has 0 unspecified atom stereocenters. The van der Waals surface area contributed by atoms with Crippen LogP contribution in [0.2, 0.25) is 5.02 Å². The van der Waals surface area contributed by atoms with Gasteiger partial charge in [0.25, 0.3) is 0 Å². The van der Waals surface area contributed by atoms with Crippen molar-refractivity contribution in [2.24, 2.45) is 0 Å². The van der Waals surface area contributed by atoms with E-state index < -0.39 is 0 Å². The van der Waals surface area contributed by atoms with Gasteiger partial charge in [0.2, 0.25) is 5.76 Å². The van der Waals surface area contributed by atoms with Gasteiger partial charge in [-0.1, -0.05) is 16.8 Å². The summed E-state index contributed by atoms with van der Waals surface area (Å²) < 4.78 is 10.7. The molecule has 0 N–H and O–H groups in total. The largest absolute Gasteiger partial charge is 0.461 e. The molecule has 1 aromatic carbocycles. The Labute approximate surface area is 166 Å². The lowest BCUT2D eigenvalue weighted by molar-refractivity contribution is 0.235. The zero-order chi connectivity index (χ0) is 18.9. The number of halogens is 1. The van der Waals surface area contributed by atoms with E-state index in [1.54, 1.807) is 6.26 Å². The van der Waals surface area contributed by atoms with Gasteiger partial charge >= 0.3 is 0 Å². The first-order valence-electron chi connectivity index (χ1n) is 9.07. The standard InChI is InChI=1S/C21H17ClN4O2/c22-16-5-3-14(4-6-16)21-23-11-15-12-26(8-7-18(15)24-21)13-17-10-20(28-25-17)19-2-1-9-27-19/h1-6,9-11H,7-8,12-13H2. The summed E-state index contributed by atoms with van der Waals surface area (Å²) >= 11 is 5.96. The van der Waals surface area contributed by atoms with Gasteiger partial charge in [-0.05, 0) is 36.4 Å². The molecule has 0 bridgehead atoms. The Morgan fingerprint density at radius 3 is 2.82 bits per heavy atom. The summed E-state index contributed by atoms with van der Waals surface area (Å²) in [6, 6.07) is 13.2. The summed E-state index contributed by atoms with van der Waals surface area (Å²) in [5.41, 5.74) is 4.11. The van der Waals surface area contributed by atoms with Crippen LogP contribution in [0.1, 0.15) is 17.0 Å². The van der Waals surface area contributed by atoms with E-state index in [1.165, 1.54) is 0 Å². The van der Waals surface area contributed by atoms with E-state index in [-0.39, 0.29) is 0 Å². The molecule has 5 rings (SSSR count). The second kappa shape index (κ2) is 7.22. The highest BCUT2D eigenvalue weighted by Gasteiger charge is 2.20. The van der Waals surface area contributed by atoms with Crippen LogP contribution in [0.4, 0.5) is 0 Å². The van der Waals surface area contributed by atoms with Gasteiger partial charge in [0.05, 0.1) is 17.7 Å². The van der Waals surface area contributed by atoms with E-state index in [0.29, 0.717) is 23.1 Å². The molecule has 4 heterocycles. The number of aromatic nitrogens is 3. The van der Waals surface area contributed by atoms with Crippen molar-refractivity contribution in [3.8, 4) is 22.9 Å². The molecule has 6 nitrogen and oxygen atoms in total. The Bertz CT molecular complexity index is 1090. The van der Waals surface area contributed by atoms with Crippen molar-refractivity contribution in [3.05, 3.63) is 76.9 Å². The quantitative estimate of drug-likeness (QED) is 0.505. The highest BCUT2D eigenvalue weighted by Crippen LogP contribution is 2.25. The lowest BCUT2D eigenvalue weighted by atomic mass is 10.1. The molecular weight excluding hydrogens is 376 g/mol. The molecule has 0 radical (unpaired) electrons. The summed E-state index contributed by atoms with van der Waals surface area (Å²) in [5, 5.41) is 4.87. The van der Waals surface area contributed by atoms with Gasteiger partial charge in [0, 0.05) is 54.5 Å². The fraction of sp³-hybridized carbons (Fsp3) is 0.190. The molecule has 28 heavy (non-hydrogen) atoms. The second-order valence-electron chi connectivity index (χ2n) is 6.79. The molecule has 0 fully saturated rings. The molecule has 0 spiro atoms. The minimum atomic E-state index is 0.647. The van der Waals surface area contributed by atoms with Crippen LogP contribution in [0.25, 0.3) is 22.9 Å². The molecule has 140 valence electrons. The van der Waals surface area contributed by atoms with Crippen molar-refractivity contribution in [2.75, 3.05) is 6.54 Å². The smallest absolute Gasteiger partial charge is 0.202 e. The fourth-order valence-corrected chi connectivity index (χ4v) is 3.52. The second-order valence-corrected chi connectivity index (χ2v) is 7.23. The Kier molecular flexibility index (Phi) is 4.43. The number of fused-ring (bicyclic) bond motifs is 1. The molecule has 0 amide bonds. The van der Waals surface area contributed by atoms with Crippen molar-refractivity contribution >= 4 is 11.6 Å². The maximum absolute atomic E-state index is 5.96. The van der Waals surface area contributed by atoms with Gasteiger partial charge in [-0.15, -0.1) is 0 Å². The molecule has 7 heteroatoms. The summed E-state index contributed by atoms with van der Waals surface area (Å²) in [7, 11) is 0. The lowest BCUT2D eigenvalue weighted by Gasteiger charge is -2.27. The van der Waals surface area contributed by atoms with Crippen LogP contribution < -0.4 is 0 Å². The van der Waals surface area contributed by atoms with Crippen molar-refractivity contribution in [1.29, 1.82) is 0 Å². The van der Waals surface area contributed by atoms with Crippen LogP contribution in [0, 0.1) is 0 Å². The van der Waals surface area contributed by atoms with E-state index in [1.807, 2.05) is 48.7 Å². The maximum Gasteiger partial charge on any atom is 0.202 e. The van der Waals surface area contributed by atoms with E-state index in [4.69, 9.17) is 25.5 Å². The normalized spacial score (nSPS) is 14.2. The molecule has 4 aromatic rings. The predicted octanol–water partition coefficient (Wildman–Crippen LogP) is 4.60. The first kappa shape index (κ1) is 17.2. The van der Waals surface area contributed by atoms with Crippen LogP contribution in [-0.4, -0.2) is 26.6 Å². The van der Waals surface area contributed by atoms with Crippen LogP contribution in [0.5, 0.6) is 0 Å². The minimum Gasteiger partial charge on any atom is -0.461 e. The number of furan rings is 1. The van der Waals surface area contributed by atoms with Crippen molar-refractivity contribution < 1.29 is 8.94 Å². The monoisotopic (exact) mass is 392 g/mol. The average Bonchev–Trinajstić information content (AvgIpc) is 3.40. The van der Waals surface area contributed by atoms with Gasteiger partial charge in [-0.2, -0.15) is 0 Å². The number of hydrogen-bond acceptors (Lipinski definition) is 6. The fourth-order valence-electron chi connectivity index (χ4n) is 3.40. The third-order valence-corrected chi connectivity index (χ3v) is 5.08. The van der Waals surface area contributed by atoms with Gasteiger partial charge in [0.1, 0.15) is 0 Å². The molecule has 0 saturated carbocycles. The Hall–Kier alpha value is -2.96. The SMILES string of the molecule is Clc1ccc(-c2ncc3c(n2)CCN(Cc2cc(-c4ccco4)on2)C3)cc1. The van der Waals surface area contributed by atoms with E-state index >= 15 is 0 Å². The molecule has 3 aromatic heterocycles. The Morgan fingerprint density at radius 2 is 2.00 bits per heavy atom. The first-order chi connectivity index (χ1) is 13.7. The summed E-state index contributed by atoms with van der Waals surface area (Å²) in [5.74, 6) is 2.07. The van der Waals surface area contributed by atoms with Gasteiger partial charge < -0.3 is 8.94 Å². The minimum absolute atomic E-state index is 0.647. The first-order valence-corrected chi connectivity index (χ1v) is 9.45. The van der Waals surface area contributed by atoms with Crippen molar-refractivity contribution in [1.82, 2.24) is 20.0 Å². The van der Waals surface area contributed by atoms with E-state index in [2.05, 4.69) is 15.0 Å². The lowest BCUT2D eigenvalue weighted by Crippen LogP contribution is -2.31. The number of nitrogens with zero attached hydrogens (tertiary/aromatic N) is 4. The van der Waals surface area contributed by atoms with Crippen LogP contribution in [0.3, 0.4) is 0 Å². The van der Waals surface area contributed by atoms with Crippen molar-refractivity contribution in [3.63, 3.8) is 0 Å². The highest BCUT2D eigenvalue weighted by atomic mass is 35.5. The predicted molar refractivity (Wildman–Crippen MR) is 105 cm³/mol. The summed E-state index contributed by atoms with van der Waals surface area (Å²) in [6.07, 6.45) is 4.42. The van der Waals surface area contributed by atoms with E-state index in [9.17, 15) is 0 Å². The van der Waals surface area contributed by atoms with Gasteiger partial charge in [-0.25, -0.2) is 9.97 Å². The van der Waals surface area contributed by atoms with Crippen LogP contribution in [0.15, 0.2) is 63.9 Å². The Balaban J connectivity index is 1.30. The van der Waals surface area contributed by atoms with Crippen LogP contribution in [-0.2, 0) is 19.5 Å². The number of benzene rings is 1. The molecule has 0 aliphatic carbocycles. The van der Waals surface area contributed by atoms with Gasteiger partial charge in [-0.3, -0.25) is 4.90 Å². The van der Waals surface area contributed by atoms with Crippen LogP contribution >= 0.6 is 11.6 Å². The van der Waals surface area contributed by atoms with Gasteiger partial charge in [0.15, 0.2) is 11.6 Å². The third-order valence-electron chi connectivity index (χ3n) is 4.82. The molecule has 1 aliphatic heterocycles. The summed E-state index contributed by atoms with van der Waals surface area (Å²) in [4.78, 5) is 11.6. The topological polar surface area (TPSA) is 68.2 Å². The number of rotatable bonds is 4. The zero-order valence-corrected chi connectivity index (χ0v) is 15.8. The maximum atomic E-state index is 5.96. The molecular formula is C21H17ClN4O2. The summed E-state index contributed by atoms with van der Waals surface area (Å²) in [6.45, 7) is 2.41. The Morgan fingerprint density at radius 1 is 1.11 bits per heavy atom. The molecule has 1 aliphatic rings. The highest BCUT2D eigenvalue weighted by molar-refractivity contribution is 6.30. The average molecular weight is 393 g/mol. The zero-order valence-electron chi connectivity index (χ0n) is 15.0. The number of hydrogen-bond donors (Lipinski definition) is 0. The molecule has 0 atom stereocenters. The van der Waals surface area contributed by atoms with Crippen molar-refractivity contribution in [2.45, 2.75) is 19.5 Å². The molecule has 0 saturated heterocycles. The van der Waals surface area contributed by atoms with E-state index in [0.717, 1.165) is 47.8 Å².